The van der Waals surface area contributed by atoms with E-state index in [-0.39, 0.29) is 0 Å². The standard InChI is InChI=1S/C14H13BrN2O2/c15-11-5-9-2-4-19-14(9)10(6-11)7-13(18)12-1-3-16-8-17-12/h1,3,5-6,8,13,18H,2,4,7H2. The van der Waals surface area contributed by atoms with E-state index in [0.29, 0.717) is 18.7 Å². The fourth-order valence-corrected chi connectivity index (χ4v) is 2.86. The first-order chi connectivity index (χ1) is 9.24. The molecule has 4 nitrogen and oxygen atoms in total. The van der Waals surface area contributed by atoms with E-state index in [2.05, 4.69) is 32.0 Å². The van der Waals surface area contributed by atoms with Gasteiger partial charge in [0.25, 0.3) is 0 Å². The van der Waals surface area contributed by atoms with Gasteiger partial charge in [-0.1, -0.05) is 15.9 Å². The molecular formula is C14H13BrN2O2. The smallest absolute Gasteiger partial charge is 0.125 e. The summed E-state index contributed by atoms with van der Waals surface area (Å²) in [6, 6.07) is 5.79. The molecule has 0 aliphatic carbocycles. The van der Waals surface area contributed by atoms with Crippen molar-refractivity contribution in [1.29, 1.82) is 0 Å². The summed E-state index contributed by atoms with van der Waals surface area (Å²) in [6.45, 7) is 0.711. The van der Waals surface area contributed by atoms with Crippen molar-refractivity contribution in [3.05, 3.63) is 52.0 Å². The molecule has 1 atom stereocenters. The maximum atomic E-state index is 10.2. The van der Waals surface area contributed by atoms with Gasteiger partial charge >= 0.3 is 0 Å². The van der Waals surface area contributed by atoms with Crippen molar-refractivity contribution < 1.29 is 9.84 Å². The number of benzene rings is 1. The van der Waals surface area contributed by atoms with Crippen LogP contribution in [0.25, 0.3) is 0 Å². The monoisotopic (exact) mass is 320 g/mol. The summed E-state index contributed by atoms with van der Waals surface area (Å²) in [5.74, 6) is 0.913. The average Bonchev–Trinajstić information content (AvgIpc) is 2.88. The predicted molar refractivity (Wildman–Crippen MR) is 74.0 cm³/mol. The summed E-state index contributed by atoms with van der Waals surface area (Å²) in [5, 5.41) is 10.2. The van der Waals surface area contributed by atoms with Crippen LogP contribution in [0.15, 0.2) is 35.2 Å². The van der Waals surface area contributed by atoms with Crippen molar-refractivity contribution in [1.82, 2.24) is 9.97 Å². The van der Waals surface area contributed by atoms with E-state index in [0.717, 1.165) is 22.2 Å². The number of rotatable bonds is 3. The number of fused-ring (bicyclic) bond motifs is 1. The lowest BCUT2D eigenvalue weighted by Gasteiger charge is -2.13. The SMILES string of the molecule is OC(Cc1cc(Br)cc2c1OCC2)c1ccncn1. The zero-order valence-corrected chi connectivity index (χ0v) is 11.8. The number of aromatic nitrogens is 2. The molecule has 2 heterocycles. The minimum atomic E-state index is -0.648. The maximum absolute atomic E-state index is 10.2. The van der Waals surface area contributed by atoms with E-state index in [1.165, 1.54) is 11.9 Å². The van der Waals surface area contributed by atoms with Crippen molar-refractivity contribution >= 4 is 15.9 Å². The first kappa shape index (κ1) is 12.6. The van der Waals surface area contributed by atoms with E-state index in [9.17, 15) is 5.11 Å². The summed E-state index contributed by atoms with van der Waals surface area (Å²) < 4.78 is 6.67. The molecule has 0 amide bonds. The number of nitrogens with zero attached hydrogens (tertiary/aromatic N) is 2. The van der Waals surface area contributed by atoms with Crippen LogP contribution in [0.2, 0.25) is 0 Å². The van der Waals surface area contributed by atoms with E-state index in [4.69, 9.17) is 4.74 Å². The summed E-state index contributed by atoms with van der Waals surface area (Å²) in [7, 11) is 0. The van der Waals surface area contributed by atoms with Gasteiger partial charge in [0.1, 0.15) is 18.2 Å². The van der Waals surface area contributed by atoms with Crippen LogP contribution in [0.3, 0.4) is 0 Å². The molecule has 1 aliphatic rings. The molecule has 0 saturated carbocycles. The largest absolute Gasteiger partial charge is 0.493 e. The maximum Gasteiger partial charge on any atom is 0.125 e. The lowest BCUT2D eigenvalue weighted by Crippen LogP contribution is -2.05. The summed E-state index contributed by atoms with van der Waals surface area (Å²) in [5.41, 5.74) is 2.83. The first-order valence-corrected chi connectivity index (χ1v) is 6.91. The van der Waals surface area contributed by atoms with E-state index in [1.807, 2.05) is 6.07 Å². The fraction of sp³-hybridized carbons (Fsp3) is 0.286. The Bertz CT molecular complexity index is 589. The van der Waals surface area contributed by atoms with Crippen LogP contribution in [0.4, 0.5) is 0 Å². The molecular weight excluding hydrogens is 308 g/mol. The Hall–Kier alpha value is -1.46. The topological polar surface area (TPSA) is 55.2 Å². The molecule has 2 aromatic rings. The molecule has 1 aromatic carbocycles. The highest BCUT2D eigenvalue weighted by Crippen LogP contribution is 2.35. The van der Waals surface area contributed by atoms with Gasteiger partial charge in [0, 0.05) is 23.5 Å². The van der Waals surface area contributed by atoms with Crippen molar-refractivity contribution in [2.45, 2.75) is 18.9 Å². The van der Waals surface area contributed by atoms with Crippen LogP contribution in [-0.2, 0) is 12.8 Å². The minimum absolute atomic E-state index is 0.485. The third kappa shape index (κ3) is 2.62. The number of halogens is 1. The normalized spacial score (nSPS) is 14.8. The molecule has 19 heavy (non-hydrogen) atoms. The number of aliphatic hydroxyl groups is 1. The van der Waals surface area contributed by atoms with Gasteiger partial charge in [0.05, 0.1) is 12.3 Å². The molecule has 1 aliphatic heterocycles. The number of ether oxygens (including phenoxy) is 1. The summed E-state index contributed by atoms with van der Waals surface area (Å²) in [4.78, 5) is 7.93. The zero-order valence-electron chi connectivity index (χ0n) is 10.2. The van der Waals surface area contributed by atoms with Crippen LogP contribution >= 0.6 is 15.9 Å². The van der Waals surface area contributed by atoms with Crippen LogP contribution in [-0.4, -0.2) is 21.7 Å². The molecule has 0 fully saturated rings. The highest BCUT2D eigenvalue weighted by atomic mass is 79.9. The Kier molecular flexibility index (Phi) is 3.48. The quantitative estimate of drug-likeness (QED) is 0.943. The predicted octanol–water partition coefficient (Wildman–Crippen LogP) is 2.45. The molecule has 1 N–H and O–H groups in total. The van der Waals surface area contributed by atoms with E-state index < -0.39 is 6.10 Å². The molecule has 98 valence electrons. The highest BCUT2D eigenvalue weighted by molar-refractivity contribution is 9.10. The van der Waals surface area contributed by atoms with Gasteiger partial charge in [0.15, 0.2) is 0 Å². The van der Waals surface area contributed by atoms with E-state index >= 15 is 0 Å². The Balaban J connectivity index is 1.88. The number of hydrogen-bond acceptors (Lipinski definition) is 4. The van der Waals surface area contributed by atoms with Crippen LogP contribution in [0, 0.1) is 0 Å². The minimum Gasteiger partial charge on any atom is -0.493 e. The third-order valence-corrected chi connectivity index (χ3v) is 3.64. The Morgan fingerprint density at radius 3 is 3.11 bits per heavy atom. The van der Waals surface area contributed by atoms with Crippen LogP contribution in [0.5, 0.6) is 5.75 Å². The molecule has 0 bridgehead atoms. The molecule has 5 heteroatoms. The lowest BCUT2D eigenvalue weighted by atomic mass is 10.0. The molecule has 0 radical (unpaired) electrons. The second-order valence-electron chi connectivity index (χ2n) is 4.51. The Morgan fingerprint density at radius 1 is 1.42 bits per heavy atom. The average molecular weight is 321 g/mol. The number of aliphatic hydroxyl groups excluding tert-OH is 1. The number of hydrogen-bond donors (Lipinski definition) is 1. The molecule has 3 rings (SSSR count). The second kappa shape index (κ2) is 5.27. The second-order valence-corrected chi connectivity index (χ2v) is 5.42. The van der Waals surface area contributed by atoms with Crippen molar-refractivity contribution in [2.75, 3.05) is 6.61 Å². The van der Waals surface area contributed by atoms with Crippen molar-refractivity contribution in [2.24, 2.45) is 0 Å². The molecule has 1 aromatic heterocycles. The van der Waals surface area contributed by atoms with Gasteiger partial charge in [-0.05, 0) is 29.3 Å². The van der Waals surface area contributed by atoms with Gasteiger partial charge < -0.3 is 9.84 Å². The Labute approximate surface area is 119 Å². The summed E-state index contributed by atoms with van der Waals surface area (Å²) >= 11 is 3.50. The van der Waals surface area contributed by atoms with Crippen LogP contribution in [0.1, 0.15) is 22.9 Å². The first-order valence-electron chi connectivity index (χ1n) is 6.12. The lowest BCUT2D eigenvalue weighted by molar-refractivity contribution is 0.172. The van der Waals surface area contributed by atoms with Crippen molar-refractivity contribution in [3.63, 3.8) is 0 Å². The van der Waals surface area contributed by atoms with Gasteiger partial charge in [-0.2, -0.15) is 0 Å². The molecule has 0 saturated heterocycles. The van der Waals surface area contributed by atoms with E-state index in [1.54, 1.807) is 12.3 Å². The highest BCUT2D eigenvalue weighted by Gasteiger charge is 2.20. The van der Waals surface area contributed by atoms with Gasteiger partial charge in [-0.3, -0.25) is 0 Å². The van der Waals surface area contributed by atoms with Crippen LogP contribution < -0.4 is 4.74 Å². The molecule has 0 spiro atoms. The Morgan fingerprint density at radius 2 is 2.32 bits per heavy atom. The van der Waals surface area contributed by atoms with Crippen molar-refractivity contribution in [3.8, 4) is 5.75 Å². The zero-order chi connectivity index (χ0) is 13.2. The fourth-order valence-electron chi connectivity index (χ4n) is 2.31. The summed E-state index contributed by atoms with van der Waals surface area (Å²) in [6.07, 6.45) is 3.84. The van der Waals surface area contributed by atoms with Gasteiger partial charge in [0.2, 0.25) is 0 Å². The molecule has 1 unspecified atom stereocenters. The van der Waals surface area contributed by atoms with Gasteiger partial charge in [-0.25, -0.2) is 9.97 Å². The third-order valence-electron chi connectivity index (χ3n) is 3.18. The van der Waals surface area contributed by atoms with Gasteiger partial charge in [-0.15, -0.1) is 0 Å².